The lowest BCUT2D eigenvalue weighted by molar-refractivity contribution is 0.675. The molecule has 0 saturated carbocycles. The van der Waals surface area contributed by atoms with Gasteiger partial charge in [0.25, 0.3) is 0 Å². The topological polar surface area (TPSA) is 12.0 Å². The van der Waals surface area contributed by atoms with Crippen molar-refractivity contribution in [3.05, 3.63) is 58.6 Å². The minimum Gasteiger partial charge on any atom is -0.313 e. The molecule has 0 aromatic heterocycles. The predicted octanol–water partition coefficient (Wildman–Crippen LogP) is 5.30. The molecule has 20 heavy (non-hydrogen) atoms. The molecule has 0 atom stereocenters. The molecule has 0 bridgehead atoms. The van der Waals surface area contributed by atoms with Crippen LogP contribution in [0.5, 0.6) is 0 Å². The molecular formula is C17H20ClNS. The summed E-state index contributed by atoms with van der Waals surface area (Å²) in [5, 5.41) is 4.22. The van der Waals surface area contributed by atoms with Gasteiger partial charge < -0.3 is 5.32 Å². The molecule has 0 aliphatic heterocycles. The molecule has 0 unspecified atom stereocenters. The Morgan fingerprint density at radius 3 is 2.60 bits per heavy atom. The average molecular weight is 306 g/mol. The van der Waals surface area contributed by atoms with E-state index in [-0.39, 0.29) is 0 Å². The number of benzene rings is 2. The Kier molecular flexibility index (Phi) is 5.96. The van der Waals surface area contributed by atoms with E-state index in [1.165, 1.54) is 16.0 Å². The highest BCUT2D eigenvalue weighted by atomic mass is 35.5. The van der Waals surface area contributed by atoms with Crippen molar-refractivity contribution in [2.24, 2.45) is 0 Å². The summed E-state index contributed by atoms with van der Waals surface area (Å²) in [5.74, 6) is 0. The smallest absolute Gasteiger partial charge is 0.0548 e. The summed E-state index contributed by atoms with van der Waals surface area (Å²) < 4.78 is 0. The molecule has 0 saturated heterocycles. The highest BCUT2D eigenvalue weighted by Crippen LogP contribution is 2.35. The second-order valence-electron chi connectivity index (χ2n) is 4.81. The van der Waals surface area contributed by atoms with Crippen LogP contribution in [0, 0.1) is 6.92 Å². The number of hydrogen-bond acceptors (Lipinski definition) is 2. The Labute approximate surface area is 130 Å². The van der Waals surface area contributed by atoms with Crippen molar-refractivity contribution in [2.45, 2.75) is 36.6 Å². The van der Waals surface area contributed by atoms with Gasteiger partial charge in [0.15, 0.2) is 0 Å². The maximum Gasteiger partial charge on any atom is 0.0548 e. The zero-order chi connectivity index (χ0) is 14.4. The molecule has 3 heteroatoms. The van der Waals surface area contributed by atoms with Crippen LogP contribution in [0.1, 0.15) is 24.5 Å². The molecule has 1 nitrogen and oxygen atoms in total. The zero-order valence-corrected chi connectivity index (χ0v) is 13.5. The van der Waals surface area contributed by atoms with Crippen LogP contribution in [-0.2, 0) is 6.54 Å². The first-order valence-corrected chi connectivity index (χ1v) is 8.12. The second-order valence-corrected chi connectivity index (χ2v) is 6.30. The summed E-state index contributed by atoms with van der Waals surface area (Å²) in [6, 6.07) is 14.7. The number of nitrogens with one attached hydrogen (secondary N) is 1. The quantitative estimate of drug-likeness (QED) is 0.727. The highest BCUT2D eigenvalue weighted by molar-refractivity contribution is 7.99. The van der Waals surface area contributed by atoms with Gasteiger partial charge in [0.05, 0.1) is 5.02 Å². The van der Waals surface area contributed by atoms with Crippen LogP contribution in [0.4, 0.5) is 0 Å². The average Bonchev–Trinajstić information content (AvgIpc) is 2.44. The van der Waals surface area contributed by atoms with Crippen LogP contribution < -0.4 is 5.32 Å². The molecule has 2 aromatic carbocycles. The Bertz CT molecular complexity index is 569. The molecule has 0 amide bonds. The first-order chi connectivity index (χ1) is 9.70. The Hall–Kier alpha value is -0.960. The van der Waals surface area contributed by atoms with Gasteiger partial charge in [-0.05, 0) is 49.2 Å². The molecular weight excluding hydrogens is 286 g/mol. The van der Waals surface area contributed by atoms with Crippen LogP contribution in [0.3, 0.4) is 0 Å². The molecule has 0 spiro atoms. The van der Waals surface area contributed by atoms with Gasteiger partial charge in [-0.2, -0.15) is 0 Å². The summed E-state index contributed by atoms with van der Waals surface area (Å²) in [5.41, 5.74) is 2.51. The van der Waals surface area contributed by atoms with E-state index >= 15 is 0 Å². The predicted molar refractivity (Wildman–Crippen MR) is 88.8 cm³/mol. The van der Waals surface area contributed by atoms with Gasteiger partial charge in [-0.15, -0.1) is 0 Å². The normalized spacial score (nSPS) is 10.8. The molecule has 0 aliphatic carbocycles. The summed E-state index contributed by atoms with van der Waals surface area (Å²) >= 11 is 8.12. The van der Waals surface area contributed by atoms with Crippen molar-refractivity contribution in [3.63, 3.8) is 0 Å². The zero-order valence-electron chi connectivity index (χ0n) is 11.9. The van der Waals surface area contributed by atoms with E-state index in [1.807, 2.05) is 0 Å². The van der Waals surface area contributed by atoms with Crippen molar-refractivity contribution in [2.75, 3.05) is 6.54 Å². The first-order valence-electron chi connectivity index (χ1n) is 6.93. The number of hydrogen-bond donors (Lipinski definition) is 1. The fraction of sp³-hybridized carbons (Fsp3) is 0.294. The van der Waals surface area contributed by atoms with Crippen LogP contribution >= 0.6 is 23.4 Å². The van der Waals surface area contributed by atoms with Gasteiger partial charge in [0.1, 0.15) is 0 Å². The molecule has 0 radical (unpaired) electrons. The Morgan fingerprint density at radius 2 is 1.90 bits per heavy atom. The van der Waals surface area contributed by atoms with Gasteiger partial charge in [0.2, 0.25) is 0 Å². The lowest BCUT2D eigenvalue weighted by Gasteiger charge is -2.09. The summed E-state index contributed by atoms with van der Waals surface area (Å²) in [6.45, 7) is 6.21. The largest absolute Gasteiger partial charge is 0.313 e. The lowest BCUT2D eigenvalue weighted by Crippen LogP contribution is -2.13. The van der Waals surface area contributed by atoms with E-state index in [4.69, 9.17) is 11.6 Å². The summed E-state index contributed by atoms with van der Waals surface area (Å²) in [4.78, 5) is 2.37. The first kappa shape index (κ1) is 15.4. The molecule has 2 aromatic rings. The minimum absolute atomic E-state index is 0.828. The van der Waals surface area contributed by atoms with Gasteiger partial charge in [-0.1, -0.05) is 54.6 Å². The SMILES string of the molecule is CCCNCc1ccc(Sc2ccccc2C)c(Cl)c1. The fourth-order valence-corrected chi connectivity index (χ4v) is 3.16. The molecule has 0 fully saturated rings. The van der Waals surface area contributed by atoms with E-state index in [2.05, 4.69) is 61.6 Å². The number of aryl methyl sites for hydroxylation is 1. The summed E-state index contributed by atoms with van der Waals surface area (Å²) in [6.07, 6.45) is 1.15. The summed E-state index contributed by atoms with van der Waals surface area (Å²) in [7, 11) is 0. The molecule has 0 heterocycles. The third kappa shape index (κ3) is 4.27. The maximum absolute atomic E-state index is 6.40. The Balaban J connectivity index is 2.08. The highest BCUT2D eigenvalue weighted by Gasteiger charge is 2.06. The van der Waals surface area contributed by atoms with Crippen molar-refractivity contribution >= 4 is 23.4 Å². The fourth-order valence-electron chi connectivity index (χ4n) is 1.94. The van der Waals surface area contributed by atoms with Crippen LogP contribution in [0.2, 0.25) is 5.02 Å². The van der Waals surface area contributed by atoms with Gasteiger partial charge in [-0.3, -0.25) is 0 Å². The van der Waals surface area contributed by atoms with Gasteiger partial charge in [-0.25, -0.2) is 0 Å². The second kappa shape index (κ2) is 7.72. The standard InChI is InChI=1S/C17H20ClNS/c1-3-10-19-12-14-8-9-17(15(18)11-14)20-16-7-5-4-6-13(16)2/h4-9,11,19H,3,10,12H2,1-2H3. The van der Waals surface area contributed by atoms with E-state index in [9.17, 15) is 0 Å². The molecule has 106 valence electrons. The number of rotatable bonds is 6. The van der Waals surface area contributed by atoms with E-state index < -0.39 is 0 Å². The van der Waals surface area contributed by atoms with Crippen LogP contribution in [0.25, 0.3) is 0 Å². The van der Waals surface area contributed by atoms with E-state index in [0.717, 1.165) is 29.4 Å². The number of halogens is 1. The molecule has 1 N–H and O–H groups in total. The van der Waals surface area contributed by atoms with Crippen molar-refractivity contribution in [3.8, 4) is 0 Å². The third-order valence-corrected chi connectivity index (χ3v) is 4.74. The molecule has 2 rings (SSSR count). The van der Waals surface area contributed by atoms with Crippen molar-refractivity contribution in [1.29, 1.82) is 0 Å². The third-order valence-electron chi connectivity index (χ3n) is 3.07. The lowest BCUT2D eigenvalue weighted by atomic mass is 10.2. The minimum atomic E-state index is 0.828. The Morgan fingerprint density at radius 1 is 1.10 bits per heavy atom. The van der Waals surface area contributed by atoms with E-state index in [1.54, 1.807) is 11.8 Å². The van der Waals surface area contributed by atoms with Crippen LogP contribution in [-0.4, -0.2) is 6.54 Å². The maximum atomic E-state index is 6.40. The van der Waals surface area contributed by atoms with Gasteiger partial charge in [0, 0.05) is 16.3 Å². The van der Waals surface area contributed by atoms with Crippen molar-refractivity contribution < 1.29 is 0 Å². The van der Waals surface area contributed by atoms with Crippen LogP contribution in [0.15, 0.2) is 52.3 Å². The van der Waals surface area contributed by atoms with Gasteiger partial charge >= 0.3 is 0 Å². The monoisotopic (exact) mass is 305 g/mol. The molecule has 0 aliphatic rings. The van der Waals surface area contributed by atoms with E-state index in [0.29, 0.717) is 0 Å². The van der Waals surface area contributed by atoms with Crippen molar-refractivity contribution in [1.82, 2.24) is 5.32 Å².